The maximum Gasteiger partial charge on any atom is 0.175 e. The van der Waals surface area contributed by atoms with Gasteiger partial charge in [0.2, 0.25) is 0 Å². The summed E-state index contributed by atoms with van der Waals surface area (Å²) in [7, 11) is 0.504. The van der Waals surface area contributed by atoms with Crippen LogP contribution in [-0.4, -0.2) is 45.2 Å². The average Bonchev–Trinajstić information content (AvgIpc) is 2.68. The van der Waals surface area contributed by atoms with E-state index in [0.29, 0.717) is 10.9 Å². The standard InChI is InChI=1S/C13H17FN2O2S/c1-16(2)5-4-9-8-15-13-11(9)6-10(7-12(13)14)19(3,17)18/h6-8,15H,4-5H2,1-3H3. The first-order valence-electron chi connectivity index (χ1n) is 5.93. The Morgan fingerprint density at radius 1 is 1.32 bits per heavy atom. The fraction of sp³-hybridized carbons (Fsp3) is 0.385. The first-order valence-corrected chi connectivity index (χ1v) is 7.82. The number of hydrogen-bond acceptors (Lipinski definition) is 3. The number of benzene rings is 1. The van der Waals surface area contributed by atoms with Gasteiger partial charge >= 0.3 is 0 Å². The molecule has 0 atom stereocenters. The van der Waals surface area contributed by atoms with Crippen molar-refractivity contribution in [2.24, 2.45) is 0 Å². The van der Waals surface area contributed by atoms with Gasteiger partial charge < -0.3 is 9.88 Å². The number of aromatic nitrogens is 1. The van der Waals surface area contributed by atoms with Crippen molar-refractivity contribution in [3.05, 3.63) is 29.7 Å². The predicted octanol–water partition coefficient (Wildman–Crippen LogP) is 1.81. The minimum Gasteiger partial charge on any atom is -0.359 e. The van der Waals surface area contributed by atoms with Gasteiger partial charge in [-0.05, 0) is 38.2 Å². The largest absolute Gasteiger partial charge is 0.359 e. The summed E-state index contributed by atoms with van der Waals surface area (Å²) in [6, 6.07) is 2.60. The molecule has 0 spiro atoms. The minimum atomic E-state index is -3.41. The van der Waals surface area contributed by atoms with E-state index < -0.39 is 15.7 Å². The second kappa shape index (κ2) is 4.94. The first-order chi connectivity index (χ1) is 8.79. The summed E-state index contributed by atoms with van der Waals surface area (Å²) < 4.78 is 37.0. The quantitative estimate of drug-likeness (QED) is 0.931. The minimum absolute atomic E-state index is 0.0169. The van der Waals surface area contributed by atoms with Gasteiger partial charge in [0.1, 0.15) is 5.82 Å². The van der Waals surface area contributed by atoms with Gasteiger partial charge in [0.05, 0.1) is 10.4 Å². The van der Waals surface area contributed by atoms with E-state index in [-0.39, 0.29) is 4.90 Å². The molecule has 0 radical (unpaired) electrons. The van der Waals surface area contributed by atoms with Crippen molar-refractivity contribution in [1.29, 1.82) is 0 Å². The monoisotopic (exact) mass is 284 g/mol. The van der Waals surface area contributed by atoms with Crippen molar-refractivity contribution < 1.29 is 12.8 Å². The van der Waals surface area contributed by atoms with Crippen LogP contribution in [0.15, 0.2) is 23.2 Å². The third-order valence-corrected chi connectivity index (χ3v) is 4.15. The maximum atomic E-state index is 13.9. The smallest absolute Gasteiger partial charge is 0.175 e. The Labute approximate surface area is 112 Å². The molecular formula is C13H17FN2O2S. The number of sulfone groups is 1. The highest BCUT2D eigenvalue weighted by Gasteiger charge is 2.15. The van der Waals surface area contributed by atoms with Crippen molar-refractivity contribution >= 4 is 20.7 Å². The van der Waals surface area contributed by atoms with Gasteiger partial charge in [-0.1, -0.05) is 0 Å². The molecule has 2 rings (SSSR count). The van der Waals surface area contributed by atoms with Crippen molar-refractivity contribution in [3.8, 4) is 0 Å². The van der Waals surface area contributed by atoms with Crippen molar-refractivity contribution in [1.82, 2.24) is 9.88 Å². The van der Waals surface area contributed by atoms with Gasteiger partial charge in [0.15, 0.2) is 9.84 Å². The zero-order chi connectivity index (χ0) is 14.2. The number of rotatable bonds is 4. The molecular weight excluding hydrogens is 267 g/mol. The fourth-order valence-corrected chi connectivity index (χ4v) is 2.63. The van der Waals surface area contributed by atoms with Gasteiger partial charge in [-0.25, -0.2) is 12.8 Å². The van der Waals surface area contributed by atoms with E-state index in [2.05, 4.69) is 4.98 Å². The number of H-pyrrole nitrogens is 1. The van der Waals surface area contributed by atoms with Gasteiger partial charge in [0.25, 0.3) is 0 Å². The van der Waals surface area contributed by atoms with Gasteiger partial charge in [-0.2, -0.15) is 0 Å². The van der Waals surface area contributed by atoms with Crippen LogP contribution in [0, 0.1) is 5.82 Å². The molecule has 0 aliphatic carbocycles. The van der Waals surface area contributed by atoms with Gasteiger partial charge in [-0.3, -0.25) is 0 Å². The highest BCUT2D eigenvalue weighted by atomic mass is 32.2. The average molecular weight is 284 g/mol. The van der Waals surface area contributed by atoms with Crippen LogP contribution in [0.2, 0.25) is 0 Å². The molecule has 4 nitrogen and oxygen atoms in total. The second-order valence-corrected chi connectivity index (χ2v) is 6.98. The molecule has 0 unspecified atom stereocenters. The Kier molecular flexibility index (Phi) is 3.64. The molecule has 0 aliphatic heterocycles. The fourth-order valence-electron chi connectivity index (χ4n) is 1.98. The Morgan fingerprint density at radius 3 is 2.58 bits per heavy atom. The molecule has 1 aromatic carbocycles. The van der Waals surface area contributed by atoms with E-state index in [0.717, 1.165) is 30.9 Å². The van der Waals surface area contributed by atoms with Crippen LogP contribution >= 0.6 is 0 Å². The van der Waals surface area contributed by atoms with Crippen molar-refractivity contribution in [3.63, 3.8) is 0 Å². The summed E-state index contributed by atoms with van der Waals surface area (Å²) in [4.78, 5) is 4.91. The van der Waals surface area contributed by atoms with Crippen molar-refractivity contribution in [2.45, 2.75) is 11.3 Å². The number of likely N-dealkylation sites (N-methyl/N-ethyl adjacent to an activating group) is 1. The molecule has 0 amide bonds. The summed E-state index contributed by atoms with van der Waals surface area (Å²) in [5.74, 6) is -0.533. The number of aromatic amines is 1. The number of nitrogens with zero attached hydrogens (tertiary/aromatic N) is 1. The Morgan fingerprint density at radius 2 is 2.00 bits per heavy atom. The molecule has 0 aliphatic rings. The number of hydrogen-bond donors (Lipinski definition) is 1. The lowest BCUT2D eigenvalue weighted by Crippen LogP contribution is -2.14. The van der Waals surface area contributed by atoms with Crippen molar-refractivity contribution in [2.75, 3.05) is 26.9 Å². The first kappa shape index (κ1) is 14.0. The topological polar surface area (TPSA) is 53.2 Å². The van der Waals surface area contributed by atoms with E-state index in [1.54, 1.807) is 6.20 Å². The summed E-state index contributed by atoms with van der Waals surface area (Å²) in [5.41, 5.74) is 1.29. The number of halogens is 1. The van der Waals surface area contributed by atoms with Gasteiger partial charge in [-0.15, -0.1) is 0 Å². The van der Waals surface area contributed by atoms with Gasteiger partial charge in [0, 0.05) is 24.4 Å². The Balaban J connectivity index is 2.54. The molecule has 1 heterocycles. The molecule has 0 saturated carbocycles. The molecule has 104 valence electrons. The molecule has 1 aromatic heterocycles. The summed E-state index contributed by atoms with van der Waals surface area (Å²) in [5, 5.41) is 0.641. The third kappa shape index (κ3) is 2.96. The zero-order valence-electron chi connectivity index (χ0n) is 11.2. The molecule has 0 bridgehead atoms. The summed E-state index contributed by atoms with van der Waals surface area (Å²) >= 11 is 0. The molecule has 1 N–H and O–H groups in total. The number of nitrogens with one attached hydrogen (secondary N) is 1. The van der Waals surface area contributed by atoms with E-state index in [1.807, 2.05) is 19.0 Å². The lowest BCUT2D eigenvalue weighted by molar-refractivity contribution is 0.414. The SMILES string of the molecule is CN(C)CCc1c[nH]c2c(F)cc(S(C)(=O)=O)cc12. The highest BCUT2D eigenvalue weighted by Crippen LogP contribution is 2.25. The van der Waals surface area contributed by atoms with Crippen LogP contribution < -0.4 is 0 Å². The van der Waals surface area contributed by atoms with E-state index in [9.17, 15) is 12.8 Å². The lowest BCUT2D eigenvalue weighted by atomic mass is 10.1. The van der Waals surface area contributed by atoms with Crippen LogP contribution in [0.4, 0.5) is 4.39 Å². The van der Waals surface area contributed by atoms with Crippen LogP contribution in [-0.2, 0) is 16.3 Å². The Bertz CT molecular complexity index is 705. The molecule has 0 saturated heterocycles. The Hall–Kier alpha value is -1.40. The zero-order valence-corrected chi connectivity index (χ0v) is 12.0. The van der Waals surface area contributed by atoms with E-state index in [4.69, 9.17) is 0 Å². The second-order valence-electron chi connectivity index (χ2n) is 4.97. The molecule has 2 aromatic rings. The lowest BCUT2D eigenvalue weighted by Gasteiger charge is -2.08. The van der Waals surface area contributed by atoms with Crippen LogP contribution in [0.5, 0.6) is 0 Å². The number of fused-ring (bicyclic) bond motifs is 1. The third-order valence-electron chi connectivity index (χ3n) is 3.06. The molecule has 19 heavy (non-hydrogen) atoms. The van der Waals surface area contributed by atoms with Crippen LogP contribution in [0.25, 0.3) is 10.9 Å². The summed E-state index contributed by atoms with van der Waals surface area (Å²) in [6.45, 7) is 0.817. The normalized spacial score (nSPS) is 12.5. The van der Waals surface area contributed by atoms with E-state index in [1.165, 1.54) is 6.07 Å². The molecule has 6 heteroatoms. The maximum absolute atomic E-state index is 13.9. The van der Waals surface area contributed by atoms with Crippen LogP contribution in [0.3, 0.4) is 0 Å². The predicted molar refractivity (Wildman–Crippen MR) is 73.6 cm³/mol. The van der Waals surface area contributed by atoms with Crippen LogP contribution in [0.1, 0.15) is 5.56 Å². The highest BCUT2D eigenvalue weighted by molar-refractivity contribution is 7.90. The summed E-state index contributed by atoms with van der Waals surface area (Å²) in [6.07, 6.45) is 3.56. The molecule has 0 fully saturated rings. The van der Waals surface area contributed by atoms with E-state index >= 15 is 0 Å².